The average Bonchev–Trinajstić information content (AvgIpc) is 3.55. The van der Waals surface area contributed by atoms with Crippen LogP contribution < -0.4 is 10.6 Å². The molecule has 10 fully saturated rings. The zero-order valence-corrected chi connectivity index (χ0v) is 34.3. The van der Waals surface area contributed by atoms with Gasteiger partial charge < -0.3 is 39.1 Å². The molecule has 2 N–H and O–H groups in total. The summed E-state index contributed by atoms with van der Waals surface area (Å²) < 4.78 is 36.9. The molecule has 10 rings (SSSR count). The van der Waals surface area contributed by atoms with Crippen molar-refractivity contribution in [3.63, 3.8) is 0 Å². The number of rotatable bonds is 12. The molecule has 0 aromatic heterocycles. The first-order valence-electron chi connectivity index (χ1n) is 21.5. The van der Waals surface area contributed by atoms with Crippen molar-refractivity contribution >= 4 is 23.8 Å². The fourth-order valence-corrected chi connectivity index (χ4v) is 11.5. The smallest absolute Gasteiger partial charge is 0.308 e. The highest BCUT2D eigenvalue weighted by Crippen LogP contribution is 2.62. The molecule has 2 aliphatic carbocycles. The van der Waals surface area contributed by atoms with E-state index in [9.17, 15) is 19.2 Å². The van der Waals surface area contributed by atoms with Crippen LogP contribution in [0.4, 0.5) is 0 Å². The molecule has 8 heterocycles. The zero-order chi connectivity index (χ0) is 40.3. The van der Waals surface area contributed by atoms with E-state index in [1.54, 1.807) is 0 Å². The SMILES string of the molecule is C[C@H]1[C@H](OC(=O)CCC(=O)NCCCNC(=O)CCC(=O)O[C@@H]2O[C@@H]3O[C@@]4(C)CC[C@@H]5[C@H](C)CC[C@H]([C@H]2C)[C@@]35OO4)O[C@@H]2O[C@@]3(C)CC[C@@H]4[C@H](C)CC[C@H]1[C@@]24OO3. The first-order valence-corrected chi connectivity index (χ1v) is 21.5. The highest BCUT2D eigenvalue weighted by atomic mass is 17.3. The summed E-state index contributed by atoms with van der Waals surface area (Å²) in [6.45, 7) is 12.8. The molecule has 0 aromatic rings. The van der Waals surface area contributed by atoms with Crippen LogP contribution in [0.2, 0.25) is 0 Å². The Morgan fingerprint density at radius 3 is 1.40 bits per heavy atom. The minimum atomic E-state index is -0.926. The summed E-state index contributed by atoms with van der Waals surface area (Å²) >= 11 is 0. The van der Waals surface area contributed by atoms with E-state index in [0.29, 0.717) is 44.2 Å². The first-order chi connectivity index (χ1) is 27.2. The number of carbonyl (C=O) groups is 4. The lowest BCUT2D eigenvalue weighted by molar-refractivity contribution is -0.576. The Morgan fingerprint density at radius 1 is 0.561 bits per heavy atom. The van der Waals surface area contributed by atoms with E-state index in [-0.39, 0.29) is 73.0 Å². The van der Waals surface area contributed by atoms with Crippen LogP contribution >= 0.6 is 0 Å². The summed E-state index contributed by atoms with van der Waals surface area (Å²) in [5.74, 6) is -2.52. The number of carbonyl (C=O) groups excluding carboxylic acids is 4. The van der Waals surface area contributed by atoms with E-state index < -0.39 is 59.9 Å². The maximum absolute atomic E-state index is 12.9. The van der Waals surface area contributed by atoms with Crippen molar-refractivity contribution in [2.24, 2.45) is 47.3 Å². The third-order valence-electron chi connectivity index (χ3n) is 14.8. The van der Waals surface area contributed by atoms with Gasteiger partial charge in [0.05, 0.1) is 12.8 Å². The van der Waals surface area contributed by atoms with E-state index in [1.807, 2.05) is 27.7 Å². The van der Waals surface area contributed by atoms with Crippen molar-refractivity contribution in [2.45, 2.75) is 173 Å². The highest BCUT2D eigenvalue weighted by molar-refractivity contribution is 5.82. The lowest BCUT2D eigenvalue weighted by Gasteiger charge is -2.59. The summed E-state index contributed by atoms with van der Waals surface area (Å²) in [6, 6.07) is 0. The molecule has 2 spiro atoms. The standard InChI is InChI=1S/C41H62N2O14/c1-22-8-10-28-24(3)34(50-36-40(28)26(22)16-18-38(5,52-36)54-56-40)48-32(46)14-12-30(44)42-20-7-21-43-31(45)13-15-33(47)49-35-25(4)29-11-9-23(2)27-17-19-39(6)53-37(51-35)41(27,29)57-55-39/h22-29,34-37H,7-21H2,1-6H3,(H,42,44)(H,43,45)/t22-,23-,24-,25-,26-,27-,28-,29-,34-,35-,36-,37-,38-,39-,40-,41-/m1/s1. The van der Waals surface area contributed by atoms with Gasteiger partial charge in [-0.15, -0.1) is 0 Å². The number of fused-ring (bicyclic) bond motifs is 4. The molecule has 0 unspecified atom stereocenters. The van der Waals surface area contributed by atoms with Crippen LogP contribution in [0.15, 0.2) is 0 Å². The van der Waals surface area contributed by atoms with E-state index in [1.165, 1.54) is 0 Å². The van der Waals surface area contributed by atoms with Gasteiger partial charge in [0.15, 0.2) is 23.8 Å². The summed E-state index contributed by atoms with van der Waals surface area (Å²) in [5, 5.41) is 5.56. The van der Waals surface area contributed by atoms with Crippen LogP contribution in [0.25, 0.3) is 0 Å². The first kappa shape index (κ1) is 41.3. The monoisotopic (exact) mass is 806 g/mol. The van der Waals surface area contributed by atoms with Crippen LogP contribution in [0, 0.1) is 47.3 Å². The fourth-order valence-electron chi connectivity index (χ4n) is 11.5. The Morgan fingerprint density at radius 2 is 0.982 bits per heavy atom. The Kier molecular flexibility index (Phi) is 11.5. The lowest BCUT2D eigenvalue weighted by atomic mass is 9.58. The molecule has 8 aliphatic heterocycles. The second kappa shape index (κ2) is 15.9. The summed E-state index contributed by atoms with van der Waals surface area (Å²) in [6.07, 6.45) is 4.09. The summed E-state index contributed by atoms with van der Waals surface area (Å²) in [4.78, 5) is 74.9. The topological polar surface area (TPSA) is 185 Å². The Bertz CT molecular complexity index is 1440. The number of nitrogens with one attached hydrogen (secondary N) is 2. The quantitative estimate of drug-likeness (QED) is 0.158. The zero-order valence-electron chi connectivity index (χ0n) is 34.3. The van der Waals surface area contributed by atoms with Crippen molar-refractivity contribution in [2.75, 3.05) is 13.1 Å². The van der Waals surface area contributed by atoms with Crippen molar-refractivity contribution in [1.29, 1.82) is 0 Å². The van der Waals surface area contributed by atoms with Gasteiger partial charge in [-0.3, -0.25) is 19.2 Å². The summed E-state index contributed by atoms with van der Waals surface area (Å²) in [7, 11) is 0. The van der Waals surface area contributed by atoms with Gasteiger partial charge in [-0.2, -0.15) is 0 Å². The molecule has 320 valence electrons. The second-order valence-corrected chi connectivity index (χ2v) is 18.6. The van der Waals surface area contributed by atoms with Crippen molar-refractivity contribution in [3.8, 4) is 0 Å². The van der Waals surface area contributed by atoms with Crippen LogP contribution in [-0.2, 0) is 67.1 Å². The molecule has 16 heteroatoms. The van der Waals surface area contributed by atoms with Gasteiger partial charge in [0.1, 0.15) is 0 Å². The molecule has 2 saturated carbocycles. The number of amides is 2. The molecule has 2 amide bonds. The van der Waals surface area contributed by atoms with E-state index in [4.69, 9.17) is 48.0 Å². The molecule has 16 nitrogen and oxygen atoms in total. The number of hydrogen-bond donors (Lipinski definition) is 2. The molecule has 16 atom stereocenters. The van der Waals surface area contributed by atoms with Gasteiger partial charge in [0, 0.05) is 62.4 Å². The Hall–Kier alpha value is -2.44. The van der Waals surface area contributed by atoms with Crippen LogP contribution in [-0.4, -0.2) is 84.8 Å². The number of hydrogen-bond acceptors (Lipinski definition) is 14. The molecular weight excluding hydrogens is 744 g/mol. The number of esters is 2. The minimum absolute atomic E-state index is 0.0231. The Balaban J connectivity index is 0.716. The summed E-state index contributed by atoms with van der Waals surface area (Å²) in [5.41, 5.74) is -1.49. The number of ether oxygens (including phenoxy) is 6. The molecule has 0 radical (unpaired) electrons. The van der Waals surface area contributed by atoms with E-state index in [0.717, 1.165) is 38.5 Å². The maximum Gasteiger partial charge on any atom is 0.308 e. The van der Waals surface area contributed by atoms with Crippen LogP contribution in [0.1, 0.15) is 125 Å². The predicted octanol–water partition coefficient (Wildman–Crippen LogP) is 4.67. The van der Waals surface area contributed by atoms with Gasteiger partial charge >= 0.3 is 11.9 Å². The molecule has 10 aliphatic rings. The normalized spacial score (nSPS) is 46.7. The van der Waals surface area contributed by atoms with Crippen molar-refractivity contribution in [1.82, 2.24) is 10.6 Å². The van der Waals surface area contributed by atoms with Crippen molar-refractivity contribution < 1.29 is 67.1 Å². The van der Waals surface area contributed by atoms with Gasteiger partial charge in [0.25, 0.3) is 0 Å². The van der Waals surface area contributed by atoms with Crippen LogP contribution in [0.3, 0.4) is 0 Å². The average molecular weight is 807 g/mol. The third kappa shape index (κ3) is 7.52. The highest BCUT2D eigenvalue weighted by Gasteiger charge is 2.71. The van der Waals surface area contributed by atoms with Gasteiger partial charge in [-0.25, -0.2) is 19.6 Å². The fraction of sp³-hybridized carbons (Fsp3) is 0.902. The molecule has 0 aromatic carbocycles. The third-order valence-corrected chi connectivity index (χ3v) is 14.8. The van der Waals surface area contributed by atoms with E-state index >= 15 is 0 Å². The largest absolute Gasteiger partial charge is 0.435 e. The lowest BCUT2D eigenvalue weighted by Crippen LogP contribution is -2.70. The van der Waals surface area contributed by atoms with Gasteiger partial charge in [-0.05, 0) is 82.5 Å². The molecule has 8 saturated heterocycles. The van der Waals surface area contributed by atoms with E-state index in [2.05, 4.69) is 24.5 Å². The molecule has 4 bridgehead atoms. The van der Waals surface area contributed by atoms with Gasteiger partial charge in [-0.1, -0.05) is 27.7 Å². The molecular formula is C41H62N2O14. The Labute approximate surface area is 334 Å². The van der Waals surface area contributed by atoms with Gasteiger partial charge in [0.2, 0.25) is 36.0 Å². The maximum atomic E-state index is 12.9. The second-order valence-electron chi connectivity index (χ2n) is 18.6. The van der Waals surface area contributed by atoms with Crippen LogP contribution in [0.5, 0.6) is 0 Å². The molecule has 57 heavy (non-hydrogen) atoms. The predicted molar refractivity (Wildman–Crippen MR) is 195 cm³/mol. The minimum Gasteiger partial charge on any atom is -0.435 e. The van der Waals surface area contributed by atoms with Crippen molar-refractivity contribution in [3.05, 3.63) is 0 Å².